The van der Waals surface area contributed by atoms with Crippen molar-refractivity contribution in [1.29, 1.82) is 0 Å². The zero-order valence-electron chi connectivity index (χ0n) is 12.3. The molecule has 2 aromatic rings. The number of thiophene rings is 1. The highest BCUT2D eigenvalue weighted by Crippen LogP contribution is 2.40. The molecule has 0 fully saturated rings. The second-order valence-electron chi connectivity index (χ2n) is 4.49. The van der Waals surface area contributed by atoms with Crippen molar-refractivity contribution >= 4 is 38.9 Å². The van der Waals surface area contributed by atoms with E-state index < -0.39 is 0 Å². The van der Waals surface area contributed by atoms with Gasteiger partial charge in [-0.25, -0.2) is 0 Å². The van der Waals surface area contributed by atoms with Gasteiger partial charge in [-0.2, -0.15) is 0 Å². The fourth-order valence-electron chi connectivity index (χ4n) is 2.00. The van der Waals surface area contributed by atoms with Gasteiger partial charge < -0.3 is 9.47 Å². The van der Waals surface area contributed by atoms with Gasteiger partial charge in [0.15, 0.2) is 11.5 Å². The number of hydrogen-bond acceptors (Lipinski definition) is 3. The molecule has 21 heavy (non-hydrogen) atoms. The van der Waals surface area contributed by atoms with Crippen LogP contribution in [0.4, 0.5) is 0 Å². The number of halogens is 2. The van der Waals surface area contributed by atoms with Crippen LogP contribution in [0, 0.1) is 6.92 Å². The Morgan fingerprint density at radius 3 is 2.38 bits per heavy atom. The Bertz CT molecular complexity index is 593. The smallest absolute Gasteiger partial charge is 0.161 e. The normalized spacial score (nSPS) is 12.2. The summed E-state index contributed by atoms with van der Waals surface area (Å²) in [5.74, 6) is 1.50. The molecule has 0 saturated carbocycles. The van der Waals surface area contributed by atoms with E-state index in [9.17, 15) is 0 Å². The minimum Gasteiger partial charge on any atom is -0.490 e. The largest absolute Gasteiger partial charge is 0.490 e. The van der Waals surface area contributed by atoms with Crippen LogP contribution in [0.25, 0.3) is 0 Å². The molecule has 1 aromatic carbocycles. The summed E-state index contributed by atoms with van der Waals surface area (Å²) in [6, 6.07) is 7.96. The number of ether oxygens (including phenoxy) is 2. The molecule has 0 radical (unpaired) electrons. The van der Waals surface area contributed by atoms with Gasteiger partial charge in [-0.15, -0.1) is 22.9 Å². The van der Waals surface area contributed by atoms with Gasteiger partial charge in [-0.3, -0.25) is 0 Å². The van der Waals surface area contributed by atoms with Gasteiger partial charge in [0.2, 0.25) is 0 Å². The Balaban J connectivity index is 2.32. The van der Waals surface area contributed by atoms with E-state index in [1.54, 1.807) is 11.3 Å². The maximum Gasteiger partial charge on any atom is 0.161 e. The molecule has 1 atom stereocenters. The van der Waals surface area contributed by atoms with Crippen LogP contribution < -0.4 is 9.47 Å². The first-order valence-electron chi connectivity index (χ1n) is 6.86. The first-order chi connectivity index (χ1) is 10.1. The predicted molar refractivity (Wildman–Crippen MR) is 93.2 cm³/mol. The molecule has 114 valence electrons. The predicted octanol–water partition coefficient (Wildman–Crippen LogP) is 5.94. The van der Waals surface area contributed by atoms with Crippen LogP contribution in [0.2, 0.25) is 0 Å². The van der Waals surface area contributed by atoms with Crippen LogP contribution in [0.1, 0.15) is 34.5 Å². The molecule has 1 heterocycles. The molecule has 1 aromatic heterocycles. The second-order valence-corrected chi connectivity index (χ2v) is 7.07. The number of benzene rings is 1. The van der Waals surface area contributed by atoms with Gasteiger partial charge in [0.05, 0.1) is 18.6 Å². The van der Waals surface area contributed by atoms with Crippen molar-refractivity contribution in [3.63, 3.8) is 0 Å². The average Bonchev–Trinajstić information content (AvgIpc) is 2.80. The third-order valence-electron chi connectivity index (χ3n) is 2.99. The van der Waals surface area contributed by atoms with Crippen molar-refractivity contribution in [3.8, 4) is 11.5 Å². The summed E-state index contributed by atoms with van der Waals surface area (Å²) in [7, 11) is 0. The highest BCUT2D eigenvalue weighted by atomic mass is 79.9. The molecule has 0 aliphatic heterocycles. The standard InChI is InChI=1S/C16H18BrClO2S/c1-4-19-13-7-6-11(8-14(13)20-5-2)16(18)15-9-12(17)10(3)21-15/h6-9,16H,4-5H2,1-3H3. The van der Waals surface area contributed by atoms with E-state index in [-0.39, 0.29) is 5.38 Å². The average molecular weight is 390 g/mol. The zero-order valence-corrected chi connectivity index (χ0v) is 15.4. The molecule has 1 unspecified atom stereocenters. The number of aryl methyl sites for hydroxylation is 1. The van der Waals surface area contributed by atoms with Crippen LogP contribution in [-0.2, 0) is 0 Å². The van der Waals surface area contributed by atoms with E-state index in [2.05, 4.69) is 28.9 Å². The highest BCUT2D eigenvalue weighted by Gasteiger charge is 2.17. The van der Waals surface area contributed by atoms with E-state index in [0.29, 0.717) is 13.2 Å². The highest BCUT2D eigenvalue weighted by molar-refractivity contribution is 9.10. The summed E-state index contributed by atoms with van der Waals surface area (Å²) in [5.41, 5.74) is 1.01. The zero-order chi connectivity index (χ0) is 15.4. The van der Waals surface area contributed by atoms with Crippen LogP contribution >= 0.6 is 38.9 Å². The Morgan fingerprint density at radius 1 is 1.14 bits per heavy atom. The Labute approximate surface area is 143 Å². The van der Waals surface area contributed by atoms with E-state index in [4.69, 9.17) is 21.1 Å². The molecule has 0 bridgehead atoms. The van der Waals surface area contributed by atoms with Gasteiger partial charge in [0.25, 0.3) is 0 Å². The van der Waals surface area contributed by atoms with Gasteiger partial charge in [-0.1, -0.05) is 6.07 Å². The Kier molecular flexibility index (Phi) is 5.97. The summed E-state index contributed by atoms with van der Waals surface area (Å²) in [5, 5.41) is -0.185. The first-order valence-corrected chi connectivity index (χ1v) is 8.90. The molecular weight excluding hydrogens is 372 g/mol. The Hall–Kier alpha value is -0.710. The number of rotatable bonds is 6. The van der Waals surface area contributed by atoms with Crippen LogP contribution in [0.5, 0.6) is 11.5 Å². The van der Waals surface area contributed by atoms with Crippen molar-refractivity contribution < 1.29 is 9.47 Å². The van der Waals surface area contributed by atoms with Crippen molar-refractivity contribution in [2.45, 2.75) is 26.1 Å². The minimum absolute atomic E-state index is 0.185. The molecule has 0 spiro atoms. The van der Waals surface area contributed by atoms with E-state index in [0.717, 1.165) is 26.4 Å². The molecule has 0 amide bonds. The third kappa shape index (κ3) is 3.93. The molecular formula is C16H18BrClO2S. The van der Waals surface area contributed by atoms with Gasteiger partial charge in [0.1, 0.15) is 0 Å². The topological polar surface area (TPSA) is 18.5 Å². The van der Waals surface area contributed by atoms with Crippen molar-refractivity contribution in [2.24, 2.45) is 0 Å². The van der Waals surface area contributed by atoms with Crippen molar-refractivity contribution in [2.75, 3.05) is 13.2 Å². The van der Waals surface area contributed by atoms with Crippen molar-refractivity contribution in [3.05, 3.63) is 44.1 Å². The maximum atomic E-state index is 6.61. The lowest BCUT2D eigenvalue weighted by atomic mass is 10.1. The fraction of sp³-hybridized carbons (Fsp3) is 0.375. The molecule has 0 N–H and O–H groups in total. The lowest BCUT2D eigenvalue weighted by Crippen LogP contribution is -2.00. The molecule has 0 aliphatic rings. The van der Waals surface area contributed by atoms with E-state index in [1.165, 1.54) is 4.88 Å². The summed E-state index contributed by atoms with van der Waals surface area (Å²) in [4.78, 5) is 2.35. The quantitative estimate of drug-likeness (QED) is 0.569. The van der Waals surface area contributed by atoms with Crippen LogP contribution in [0.3, 0.4) is 0 Å². The SMILES string of the molecule is CCOc1ccc(C(Cl)c2cc(Br)c(C)s2)cc1OCC. The van der Waals surface area contributed by atoms with Gasteiger partial charge in [0, 0.05) is 14.2 Å². The van der Waals surface area contributed by atoms with Crippen LogP contribution in [-0.4, -0.2) is 13.2 Å². The molecule has 0 saturated heterocycles. The monoisotopic (exact) mass is 388 g/mol. The minimum atomic E-state index is -0.185. The third-order valence-corrected chi connectivity index (χ3v) is 5.80. The lowest BCUT2D eigenvalue weighted by Gasteiger charge is -2.14. The fourth-order valence-corrected chi connectivity index (χ4v) is 3.90. The van der Waals surface area contributed by atoms with E-state index in [1.807, 2.05) is 32.0 Å². The second kappa shape index (κ2) is 7.52. The first kappa shape index (κ1) is 16.7. The molecule has 0 aliphatic carbocycles. The van der Waals surface area contributed by atoms with E-state index >= 15 is 0 Å². The summed E-state index contributed by atoms with van der Waals surface area (Å²) in [6.07, 6.45) is 0. The summed E-state index contributed by atoms with van der Waals surface area (Å²) in [6.45, 7) is 7.20. The summed E-state index contributed by atoms with van der Waals surface area (Å²) < 4.78 is 12.3. The van der Waals surface area contributed by atoms with Gasteiger partial charge in [-0.05, 0) is 60.5 Å². The van der Waals surface area contributed by atoms with Crippen molar-refractivity contribution in [1.82, 2.24) is 0 Å². The molecule has 2 nitrogen and oxygen atoms in total. The molecule has 5 heteroatoms. The van der Waals surface area contributed by atoms with Gasteiger partial charge >= 0.3 is 0 Å². The maximum absolute atomic E-state index is 6.61. The lowest BCUT2D eigenvalue weighted by molar-refractivity contribution is 0.287. The Morgan fingerprint density at radius 2 is 1.81 bits per heavy atom. The molecule has 2 rings (SSSR count). The summed E-state index contributed by atoms with van der Waals surface area (Å²) >= 11 is 11.8. The number of hydrogen-bond donors (Lipinski definition) is 0. The number of alkyl halides is 1. The van der Waals surface area contributed by atoms with Crippen LogP contribution in [0.15, 0.2) is 28.7 Å².